The Balaban J connectivity index is 2.01. The van der Waals surface area contributed by atoms with E-state index in [1.807, 2.05) is 27.7 Å². The van der Waals surface area contributed by atoms with Crippen molar-refractivity contribution in [3.63, 3.8) is 0 Å². The van der Waals surface area contributed by atoms with Crippen LogP contribution < -0.4 is 5.32 Å². The number of nitrogens with one attached hydrogen (secondary N) is 1. The van der Waals surface area contributed by atoms with E-state index in [1.165, 1.54) is 0 Å². The van der Waals surface area contributed by atoms with E-state index >= 15 is 0 Å². The number of aryl methyl sites for hydroxylation is 2. The molecule has 0 saturated heterocycles. The van der Waals surface area contributed by atoms with Crippen molar-refractivity contribution in [3.8, 4) is 0 Å². The van der Waals surface area contributed by atoms with Crippen LogP contribution in [0.2, 0.25) is 5.02 Å². The van der Waals surface area contributed by atoms with E-state index in [9.17, 15) is 9.59 Å². The molecule has 0 aliphatic carbocycles. The summed E-state index contributed by atoms with van der Waals surface area (Å²) >= 11 is 5.91. The van der Waals surface area contributed by atoms with Crippen LogP contribution in [0.15, 0.2) is 24.3 Å². The van der Waals surface area contributed by atoms with Gasteiger partial charge in [0.05, 0.1) is 23.0 Å². The molecule has 0 radical (unpaired) electrons. The number of anilines is 1. The van der Waals surface area contributed by atoms with Crippen LogP contribution >= 0.6 is 11.6 Å². The first kappa shape index (κ1) is 20.0. The molecule has 1 heterocycles. The summed E-state index contributed by atoms with van der Waals surface area (Å²) in [6, 6.07) is 7.08. The summed E-state index contributed by atoms with van der Waals surface area (Å²) in [6.45, 7) is 7.19. The Bertz CT molecular complexity index is 797. The second-order valence-corrected chi connectivity index (χ2v) is 7.03. The van der Waals surface area contributed by atoms with E-state index in [1.54, 1.807) is 36.0 Å². The van der Waals surface area contributed by atoms with E-state index in [-0.39, 0.29) is 12.5 Å². The summed E-state index contributed by atoms with van der Waals surface area (Å²) in [5.41, 5.74) is 3.01. The van der Waals surface area contributed by atoms with Crippen molar-refractivity contribution in [2.75, 3.05) is 11.9 Å². The average Bonchev–Trinajstić information content (AvgIpc) is 2.81. The van der Waals surface area contributed by atoms with Crippen LogP contribution in [0.1, 0.15) is 36.7 Å². The van der Waals surface area contributed by atoms with E-state index in [0.29, 0.717) is 16.4 Å². The van der Waals surface area contributed by atoms with Gasteiger partial charge in [0.1, 0.15) is 0 Å². The number of nitrogens with zero attached hydrogens (tertiary/aromatic N) is 2. The Labute approximate surface area is 158 Å². The molecule has 1 amide bonds. The number of hydrogen-bond donors (Lipinski definition) is 1. The second-order valence-electron chi connectivity index (χ2n) is 6.60. The van der Waals surface area contributed by atoms with Crippen molar-refractivity contribution in [1.82, 2.24) is 9.78 Å². The Morgan fingerprint density at radius 3 is 2.35 bits per heavy atom. The number of esters is 1. The van der Waals surface area contributed by atoms with Gasteiger partial charge in [-0.3, -0.25) is 14.3 Å². The van der Waals surface area contributed by atoms with Crippen LogP contribution in [0.4, 0.5) is 5.69 Å². The quantitative estimate of drug-likeness (QED) is 0.780. The van der Waals surface area contributed by atoms with Crippen LogP contribution in [0.3, 0.4) is 0 Å². The second kappa shape index (κ2) is 8.36. The topological polar surface area (TPSA) is 73.2 Å². The first-order valence-corrected chi connectivity index (χ1v) is 8.80. The number of carbonyl (C=O) groups excluding carboxylic acids is 2. The number of aromatic nitrogens is 2. The molecule has 1 aromatic carbocycles. The first-order chi connectivity index (χ1) is 12.2. The molecule has 6 nitrogen and oxygen atoms in total. The zero-order chi connectivity index (χ0) is 19.4. The van der Waals surface area contributed by atoms with Gasteiger partial charge in [-0.25, -0.2) is 0 Å². The smallest absolute Gasteiger partial charge is 0.314 e. The molecular formula is C19H24ClN3O3. The Morgan fingerprint density at radius 2 is 1.85 bits per heavy atom. The monoisotopic (exact) mass is 377 g/mol. The highest BCUT2D eigenvalue weighted by atomic mass is 35.5. The molecular weight excluding hydrogens is 354 g/mol. The minimum absolute atomic E-state index is 0.0227. The van der Waals surface area contributed by atoms with Gasteiger partial charge in [-0.2, -0.15) is 5.10 Å². The summed E-state index contributed by atoms with van der Waals surface area (Å²) in [5.74, 6) is -1.26. The first-order valence-electron chi connectivity index (χ1n) is 8.42. The highest BCUT2D eigenvalue weighted by molar-refractivity contribution is 6.30. The fourth-order valence-electron chi connectivity index (χ4n) is 2.82. The van der Waals surface area contributed by atoms with Gasteiger partial charge in [0.25, 0.3) is 5.91 Å². The zero-order valence-corrected chi connectivity index (χ0v) is 16.4. The van der Waals surface area contributed by atoms with E-state index < -0.39 is 17.8 Å². The molecule has 0 unspecified atom stereocenters. The number of carbonyl (C=O) groups is 2. The van der Waals surface area contributed by atoms with Gasteiger partial charge in [0.15, 0.2) is 6.61 Å². The van der Waals surface area contributed by atoms with Gasteiger partial charge in [0.2, 0.25) is 0 Å². The minimum atomic E-state index is -0.457. The lowest BCUT2D eigenvalue weighted by atomic mass is 9.88. The molecule has 2 rings (SSSR count). The number of hydrogen-bond acceptors (Lipinski definition) is 4. The molecule has 0 fully saturated rings. The predicted molar refractivity (Wildman–Crippen MR) is 101 cm³/mol. The van der Waals surface area contributed by atoms with Crippen LogP contribution in [-0.4, -0.2) is 28.3 Å². The predicted octanol–water partition coefficient (Wildman–Crippen LogP) is 3.61. The van der Waals surface area contributed by atoms with Gasteiger partial charge in [-0.15, -0.1) is 0 Å². The van der Waals surface area contributed by atoms with E-state index in [0.717, 1.165) is 11.3 Å². The fourth-order valence-corrected chi connectivity index (χ4v) is 2.95. The van der Waals surface area contributed by atoms with Crippen molar-refractivity contribution in [1.29, 1.82) is 0 Å². The lowest BCUT2D eigenvalue weighted by Gasteiger charge is -2.20. The molecule has 1 atom stereocenters. The van der Waals surface area contributed by atoms with Crippen molar-refractivity contribution in [2.45, 2.75) is 33.6 Å². The molecule has 0 spiro atoms. The molecule has 1 aromatic heterocycles. The molecule has 0 bridgehead atoms. The lowest BCUT2D eigenvalue weighted by Crippen LogP contribution is -2.26. The Morgan fingerprint density at radius 1 is 1.23 bits per heavy atom. The van der Waals surface area contributed by atoms with Crippen molar-refractivity contribution < 1.29 is 14.3 Å². The van der Waals surface area contributed by atoms with Crippen LogP contribution in [0.5, 0.6) is 0 Å². The van der Waals surface area contributed by atoms with Gasteiger partial charge in [0, 0.05) is 12.1 Å². The summed E-state index contributed by atoms with van der Waals surface area (Å²) in [4.78, 5) is 24.7. The maximum atomic E-state index is 12.5. The van der Waals surface area contributed by atoms with E-state index in [4.69, 9.17) is 16.3 Å². The van der Waals surface area contributed by atoms with Crippen molar-refractivity contribution >= 4 is 29.2 Å². The lowest BCUT2D eigenvalue weighted by molar-refractivity contribution is -0.149. The Hall–Kier alpha value is -2.34. The van der Waals surface area contributed by atoms with Gasteiger partial charge < -0.3 is 10.1 Å². The third-order valence-electron chi connectivity index (χ3n) is 4.27. The summed E-state index contributed by atoms with van der Waals surface area (Å²) in [6.07, 6.45) is 0. The summed E-state index contributed by atoms with van der Waals surface area (Å²) in [5, 5.41) is 7.60. The van der Waals surface area contributed by atoms with Crippen LogP contribution in [-0.2, 0) is 21.4 Å². The fraction of sp³-hybridized carbons (Fsp3) is 0.421. The average molecular weight is 378 g/mol. The Kier molecular flexibility index (Phi) is 6.42. The number of amides is 1. The van der Waals surface area contributed by atoms with E-state index in [2.05, 4.69) is 10.4 Å². The molecule has 0 saturated carbocycles. The number of halogens is 1. The van der Waals surface area contributed by atoms with Crippen molar-refractivity contribution in [2.24, 2.45) is 13.0 Å². The molecule has 7 heteroatoms. The largest absolute Gasteiger partial charge is 0.455 e. The van der Waals surface area contributed by atoms with Crippen LogP contribution in [0.25, 0.3) is 0 Å². The molecule has 0 aliphatic rings. The zero-order valence-electron chi connectivity index (χ0n) is 15.7. The maximum Gasteiger partial charge on any atom is 0.314 e. The van der Waals surface area contributed by atoms with Gasteiger partial charge in [-0.05, 0) is 37.5 Å². The summed E-state index contributed by atoms with van der Waals surface area (Å²) < 4.78 is 6.95. The SMILES string of the molecule is Cc1nn(C)c(C)c1NC(=O)COC(=O)[C@@H](c1ccc(Cl)cc1)C(C)C. The molecule has 0 aliphatic heterocycles. The van der Waals surface area contributed by atoms with Gasteiger partial charge in [-0.1, -0.05) is 37.6 Å². The standard InChI is InChI=1S/C19H24ClN3O3/c1-11(2)17(14-6-8-15(20)9-7-14)19(25)26-10-16(24)21-18-12(3)22-23(5)13(18)4/h6-9,11,17H,10H2,1-5H3,(H,21,24)/t17-/m1/s1. The summed E-state index contributed by atoms with van der Waals surface area (Å²) in [7, 11) is 1.80. The molecule has 26 heavy (non-hydrogen) atoms. The molecule has 140 valence electrons. The normalized spacial score (nSPS) is 12.1. The van der Waals surface area contributed by atoms with Gasteiger partial charge >= 0.3 is 5.97 Å². The number of ether oxygens (including phenoxy) is 1. The third kappa shape index (κ3) is 4.64. The highest BCUT2D eigenvalue weighted by Crippen LogP contribution is 2.27. The molecule has 2 aromatic rings. The number of benzene rings is 1. The minimum Gasteiger partial charge on any atom is -0.455 e. The van der Waals surface area contributed by atoms with Crippen molar-refractivity contribution in [3.05, 3.63) is 46.2 Å². The third-order valence-corrected chi connectivity index (χ3v) is 4.52. The highest BCUT2D eigenvalue weighted by Gasteiger charge is 2.26. The maximum absolute atomic E-state index is 12.5. The number of rotatable bonds is 6. The van der Waals surface area contributed by atoms with Crippen LogP contribution in [0, 0.1) is 19.8 Å². The molecule has 1 N–H and O–H groups in total.